The molecule has 0 atom stereocenters. The zero-order chi connectivity index (χ0) is 19.6. The predicted molar refractivity (Wildman–Crippen MR) is 108 cm³/mol. The van der Waals surface area contributed by atoms with Gasteiger partial charge in [-0.2, -0.15) is 5.10 Å². The maximum Gasteiger partial charge on any atom is 0.280 e. The fourth-order valence-electron chi connectivity index (χ4n) is 2.62. The van der Waals surface area contributed by atoms with E-state index in [1.54, 1.807) is 19.1 Å². The van der Waals surface area contributed by atoms with Crippen molar-refractivity contribution < 1.29 is 4.79 Å². The smallest absolute Gasteiger partial charge is 0.280 e. The molecule has 1 amide bonds. The molecule has 8 heteroatoms. The first-order valence-corrected chi connectivity index (χ1v) is 9.00. The second-order valence-corrected chi connectivity index (χ2v) is 6.90. The molecule has 3 rings (SSSR count). The van der Waals surface area contributed by atoms with E-state index in [9.17, 15) is 9.59 Å². The SMILES string of the molecule is Cc1[nH]n(-c2ccc(Br)c(C)c2C)c(=O)c1C=NNC(=O)c1ccncc1. The number of carbonyl (C=O) groups is 1. The van der Waals surface area contributed by atoms with Gasteiger partial charge >= 0.3 is 0 Å². The highest BCUT2D eigenvalue weighted by molar-refractivity contribution is 9.10. The van der Waals surface area contributed by atoms with Gasteiger partial charge in [0.15, 0.2) is 0 Å². The number of halogens is 1. The first kappa shape index (κ1) is 18.8. The summed E-state index contributed by atoms with van der Waals surface area (Å²) >= 11 is 3.50. The quantitative estimate of drug-likeness (QED) is 0.494. The Morgan fingerprint density at radius 3 is 2.59 bits per heavy atom. The molecule has 2 aromatic heterocycles. The van der Waals surface area contributed by atoms with Gasteiger partial charge in [0.1, 0.15) is 0 Å². The minimum absolute atomic E-state index is 0.237. The van der Waals surface area contributed by atoms with Gasteiger partial charge in [0, 0.05) is 28.1 Å². The maximum atomic E-state index is 12.8. The summed E-state index contributed by atoms with van der Waals surface area (Å²) in [4.78, 5) is 28.6. The lowest BCUT2D eigenvalue weighted by Gasteiger charge is -2.10. The minimum atomic E-state index is -0.374. The average molecular weight is 428 g/mol. The Morgan fingerprint density at radius 2 is 1.89 bits per heavy atom. The van der Waals surface area contributed by atoms with Crippen LogP contribution < -0.4 is 11.0 Å². The number of rotatable bonds is 4. The Labute approximate surface area is 164 Å². The van der Waals surface area contributed by atoms with Crippen LogP contribution in [0.2, 0.25) is 0 Å². The largest absolute Gasteiger partial charge is 0.295 e. The van der Waals surface area contributed by atoms with Crippen LogP contribution in [0.4, 0.5) is 0 Å². The van der Waals surface area contributed by atoms with Crippen molar-refractivity contribution in [2.24, 2.45) is 5.10 Å². The molecule has 27 heavy (non-hydrogen) atoms. The second-order valence-electron chi connectivity index (χ2n) is 6.04. The monoisotopic (exact) mass is 427 g/mol. The van der Waals surface area contributed by atoms with Crippen molar-refractivity contribution in [1.29, 1.82) is 0 Å². The molecule has 0 spiro atoms. The molecule has 0 saturated carbocycles. The number of hydrogen-bond acceptors (Lipinski definition) is 4. The molecule has 0 unspecified atom stereocenters. The molecule has 0 radical (unpaired) electrons. The molecule has 0 aliphatic carbocycles. The summed E-state index contributed by atoms with van der Waals surface area (Å²) in [6.07, 6.45) is 4.40. The number of nitrogens with one attached hydrogen (secondary N) is 2. The van der Waals surface area contributed by atoms with Crippen LogP contribution in [0.25, 0.3) is 5.69 Å². The number of pyridine rings is 1. The van der Waals surface area contributed by atoms with E-state index in [1.807, 2.05) is 26.0 Å². The molecule has 0 bridgehead atoms. The third-order valence-corrected chi connectivity index (χ3v) is 5.21. The molecular weight excluding hydrogens is 410 g/mol. The highest BCUT2D eigenvalue weighted by Gasteiger charge is 2.14. The van der Waals surface area contributed by atoms with E-state index in [0.29, 0.717) is 16.8 Å². The third kappa shape index (κ3) is 3.75. The summed E-state index contributed by atoms with van der Waals surface area (Å²) in [6.45, 7) is 5.73. The van der Waals surface area contributed by atoms with E-state index in [0.717, 1.165) is 21.3 Å². The number of benzene rings is 1. The van der Waals surface area contributed by atoms with Crippen LogP contribution in [0.5, 0.6) is 0 Å². The summed E-state index contributed by atoms with van der Waals surface area (Å²) in [6, 6.07) is 6.94. The van der Waals surface area contributed by atoms with Crippen LogP contribution in [0.3, 0.4) is 0 Å². The van der Waals surface area contributed by atoms with Gasteiger partial charge in [0.2, 0.25) is 0 Å². The highest BCUT2D eigenvalue weighted by atomic mass is 79.9. The summed E-state index contributed by atoms with van der Waals surface area (Å²) in [7, 11) is 0. The lowest BCUT2D eigenvalue weighted by atomic mass is 10.1. The van der Waals surface area contributed by atoms with E-state index in [2.05, 4.69) is 36.5 Å². The van der Waals surface area contributed by atoms with Gasteiger partial charge in [0.05, 0.1) is 17.5 Å². The van der Waals surface area contributed by atoms with Crippen LogP contribution in [0.1, 0.15) is 32.7 Å². The number of carbonyl (C=O) groups excluding carboxylic acids is 1. The van der Waals surface area contributed by atoms with Crippen molar-refractivity contribution in [3.63, 3.8) is 0 Å². The molecule has 3 aromatic rings. The second kappa shape index (κ2) is 7.71. The summed E-state index contributed by atoms with van der Waals surface area (Å²) in [5.74, 6) is -0.374. The van der Waals surface area contributed by atoms with Crippen LogP contribution in [-0.4, -0.2) is 26.9 Å². The molecule has 0 aliphatic heterocycles. The maximum absolute atomic E-state index is 12.8. The Kier molecular flexibility index (Phi) is 5.36. The van der Waals surface area contributed by atoms with Crippen molar-refractivity contribution in [1.82, 2.24) is 20.2 Å². The molecule has 0 aliphatic rings. The van der Waals surface area contributed by atoms with Crippen molar-refractivity contribution in [2.75, 3.05) is 0 Å². The predicted octanol–water partition coefficient (Wildman–Crippen LogP) is 3.01. The molecule has 0 saturated heterocycles. The van der Waals surface area contributed by atoms with Gasteiger partial charge in [-0.05, 0) is 56.2 Å². The van der Waals surface area contributed by atoms with Crippen molar-refractivity contribution >= 4 is 28.1 Å². The van der Waals surface area contributed by atoms with Crippen LogP contribution in [-0.2, 0) is 0 Å². The molecule has 0 fully saturated rings. The van der Waals surface area contributed by atoms with E-state index in [1.165, 1.54) is 23.3 Å². The van der Waals surface area contributed by atoms with Crippen molar-refractivity contribution in [3.05, 3.63) is 79.4 Å². The van der Waals surface area contributed by atoms with E-state index in [4.69, 9.17) is 0 Å². The Bertz CT molecular complexity index is 1080. The highest BCUT2D eigenvalue weighted by Crippen LogP contribution is 2.24. The normalized spacial score (nSPS) is 11.1. The zero-order valence-corrected chi connectivity index (χ0v) is 16.7. The average Bonchev–Trinajstić information content (AvgIpc) is 2.95. The van der Waals surface area contributed by atoms with Gasteiger partial charge in [0.25, 0.3) is 11.5 Å². The summed E-state index contributed by atoms with van der Waals surface area (Å²) in [5.41, 5.74) is 6.46. The summed E-state index contributed by atoms with van der Waals surface area (Å²) in [5, 5.41) is 6.98. The fourth-order valence-corrected chi connectivity index (χ4v) is 3.05. The molecule has 138 valence electrons. The van der Waals surface area contributed by atoms with E-state index >= 15 is 0 Å². The van der Waals surface area contributed by atoms with Crippen LogP contribution >= 0.6 is 15.9 Å². The summed E-state index contributed by atoms with van der Waals surface area (Å²) < 4.78 is 2.47. The lowest BCUT2D eigenvalue weighted by Crippen LogP contribution is -2.20. The number of nitrogens with zero attached hydrogens (tertiary/aromatic N) is 3. The Morgan fingerprint density at radius 1 is 1.19 bits per heavy atom. The van der Waals surface area contributed by atoms with Gasteiger partial charge in [-0.3, -0.25) is 19.7 Å². The Hall–Kier alpha value is -3.00. The van der Waals surface area contributed by atoms with Crippen LogP contribution in [0.15, 0.2) is 51.0 Å². The third-order valence-electron chi connectivity index (χ3n) is 4.35. The molecule has 2 N–H and O–H groups in total. The number of hydrogen-bond donors (Lipinski definition) is 2. The van der Waals surface area contributed by atoms with E-state index in [-0.39, 0.29) is 11.5 Å². The number of H-pyrrole nitrogens is 1. The minimum Gasteiger partial charge on any atom is -0.295 e. The number of hydrazone groups is 1. The lowest BCUT2D eigenvalue weighted by molar-refractivity contribution is 0.0955. The van der Waals surface area contributed by atoms with Crippen molar-refractivity contribution in [3.8, 4) is 5.69 Å². The number of amides is 1. The van der Waals surface area contributed by atoms with Gasteiger partial charge in [-0.15, -0.1) is 0 Å². The molecule has 2 heterocycles. The fraction of sp³-hybridized carbons (Fsp3) is 0.158. The van der Waals surface area contributed by atoms with Gasteiger partial charge in [-0.1, -0.05) is 15.9 Å². The van der Waals surface area contributed by atoms with Gasteiger partial charge in [-0.25, -0.2) is 10.1 Å². The molecule has 1 aromatic carbocycles. The molecule has 7 nitrogen and oxygen atoms in total. The Balaban J connectivity index is 1.88. The zero-order valence-electron chi connectivity index (χ0n) is 15.1. The van der Waals surface area contributed by atoms with Crippen LogP contribution in [0, 0.1) is 20.8 Å². The van der Waals surface area contributed by atoms with E-state index < -0.39 is 0 Å². The first-order chi connectivity index (χ1) is 12.9. The number of aromatic nitrogens is 3. The van der Waals surface area contributed by atoms with Gasteiger partial charge < -0.3 is 0 Å². The first-order valence-electron chi connectivity index (χ1n) is 8.21. The van der Waals surface area contributed by atoms with Crippen molar-refractivity contribution in [2.45, 2.75) is 20.8 Å². The number of aryl methyl sites for hydroxylation is 1. The standard InChI is InChI=1S/C19H18BrN5O2/c1-11-12(2)17(5-4-16(11)20)25-19(27)15(13(3)24-25)10-22-23-18(26)14-6-8-21-9-7-14/h4-10,24H,1-3H3,(H,23,26). The number of aromatic amines is 1. The molecular formula is C19H18BrN5O2. The topological polar surface area (TPSA) is 92.1 Å².